The second-order valence-corrected chi connectivity index (χ2v) is 6.21. The first kappa shape index (κ1) is 15.8. The van der Waals surface area contributed by atoms with Crippen LogP contribution in [-0.4, -0.2) is 60.1 Å². The van der Waals surface area contributed by atoms with Crippen LogP contribution in [0.5, 0.6) is 5.75 Å². The average molecular weight is 319 g/mol. The Morgan fingerprint density at radius 3 is 2.65 bits per heavy atom. The van der Waals surface area contributed by atoms with Crippen LogP contribution < -0.4 is 4.74 Å². The highest BCUT2D eigenvalue weighted by molar-refractivity contribution is 5.99. The summed E-state index contributed by atoms with van der Waals surface area (Å²) < 4.78 is 20.7. The van der Waals surface area contributed by atoms with Crippen molar-refractivity contribution in [2.45, 2.75) is 13.0 Å². The van der Waals surface area contributed by atoms with E-state index in [1.807, 2.05) is 16.5 Å². The van der Waals surface area contributed by atoms with E-state index >= 15 is 0 Å². The molecule has 2 heterocycles. The van der Waals surface area contributed by atoms with Gasteiger partial charge >= 0.3 is 0 Å². The van der Waals surface area contributed by atoms with Crippen LogP contribution in [0.3, 0.4) is 0 Å². The predicted octanol–water partition coefficient (Wildman–Crippen LogP) is 2.10. The van der Waals surface area contributed by atoms with E-state index in [1.165, 1.54) is 13.2 Å². The molecule has 1 aromatic heterocycles. The summed E-state index contributed by atoms with van der Waals surface area (Å²) in [5, 5.41) is 0.705. The average Bonchev–Trinajstić information content (AvgIpc) is 2.84. The normalized spacial score (nSPS) is 19.3. The summed E-state index contributed by atoms with van der Waals surface area (Å²) in [6, 6.07) is 5.13. The molecule has 5 nitrogen and oxygen atoms in total. The molecule has 0 bridgehead atoms. The van der Waals surface area contributed by atoms with Crippen molar-refractivity contribution in [3.63, 3.8) is 0 Å². The number of aromatic nitrogens is 1. The number of carbonyl (C=O) groups is 1. The summed E-state index contributed by atoms with van der Waals surface area (Å²) in [5.41, 5.74) is 1.36. The lowest BCUT2D eigenvalue weighted by molar-refractivity contribution is 0.0564. The molecule has 6 heteroatoms. The fraction of sp³-hybridized carbons (Fsp3) is 0.471. The van der Waals surface area contributed by atoms with Crippen LogP contribution in [0.2, 0.25) is 0 Å². The van der Waals surface area contributed by atoms with Crippen molar-refractivity contribution in [2.75, 3.05) is 33.8 Å². The molecule has 1 fully saturated rings. The monoisotopic (exact) mass is 319 g/mol. The van der Waals surface area contributed by atoms with Crippen LogP contribution in [-0.2, 0) is 7.05 Å². The van der Waals surface area contributed by atoms with E-state index in [9.17, 15) is 9.18 Å². The van der Waals surface area contributed by atoms with E-state index in [2.05, 4.69) is 18.9 Å². The lowest BCUT2D eigenvalue weighted by Crippen LogP contribution is -2.52. The molecule has 1 aliphatic heterocycles. The smallest absolute Gasteiger partial charge is 0.270 e. The number of amides is 1. The number of hydrogen-bond donors (Lipinski definition) is 0. The lowest BCUT2D eigenvalue weighted by atomic mass is 10.2. The van der Waals surface area contributed by atoms with Gasteiger partial charge in [-0.1, -0.05) is 0 Å². The van der Waals surface area contributed by atoms with Crippen LogP contribution in [0.4, 0.5) is 4.39 Å². The van der Waals surface area contributed by atoms with Crippen LogP contribution in [0.15, 0.2) is 18.2 Å². The molecular formula is C17H22FN3O2. The van der Waals surface area contributed by atoms with Gasteiger partial charge in [-0.25, -0.2) is 4.39 Å². The van der Waals surface area contributed by atoms with Crippen LogP contribution in [0.1, 0.15) is 17.4 Å². The van der Waals surface area contributed by atoms with E-state index in [1.54, 1.807) is 12.1 Å². The van der Waals surface area contributed by atoms with Crippen LogP contribution >= 0.6 is 0 Å². The van der Waals surface area contributed by atoms with Gasteiger partial charge in [-0.15, -0.1) is 0 Å². The summed E-state index contributed by atoms with van der Waals surface area (Å²) >= 11 is 0. The Bertz CT molecular complexity index is 756. The molecule has 3 rings (SSSR count). The van der Waals surface area contributed by atoms with E-state index in [0.29, 0.717) is 30.2 Å². The molecule has 0 saturated carbocycles. The number of halogens is 1. The van der Waals surface area contributed by atoms with Gasteiger partial charge in [0.15, 0.2) is 11.6 Å². The highest BCUT2D eigenvalue weighted by Crippen LogP contribution is 2.27. The van der Waals surface area contributed by atoms with Crippen molar-refractivity contribution in [3.8, 4) is 5.75 Å². The number of aryl methyl sites for hydroxylation is 1. The van der Waals surface area contributed by atoms with Crippen molar-refractivity contribution < 1.29 is 13.9 Å². The fourth-order valence-corrected chi connectivity index (χ4v) is 3.09. The third-order valence-electron chi connectivity index (χ3n) is 4.78. The van der Waals surface area contributed by atoms with Crippen LogP contribution in [0.25, 0.3) is 10.9 Å². The number of piperazine rings is 1. The number of benzene rings is 1. The summed E-state index contributed by atoms with van der Waals surface area (Å²) in [6.07, 6.45) is 0. The summed E-state index contributed by atoms with van der Waals surface area (Å²) in [6.45, 7) is 4.38. The Hall–Kier alpha value is -2.08. The van der Waals surface area contributed by atoms with E-state index in [0.717, 1.165) is 12.1 Å². The second kappa shape index (κ2) is 5.85. The molecule has 124 valence electrons. The molecule has 0 radical (unpaired) electrons. The summed E-state index contributed by atoms with van der Waals surface area (Å²) in [5.74, 6) is -0.244. The number of methoxy groups -OCH3 is 1. The Balaban J connectivity index is 1.96. The maximum absolute atomic E-state index is 13.9. The molecule has 1 atom stereocenters. The second-order valence-electron chi connectivity index (χ2n) is 6.21. The molecule has 1 aromatic carbocycles. The standard InChI is InChI=1S/C17H22FN3O2/c1-11-10-21(6-5-19(11)2)17(22)15-8-12-7-13(18)16(23-4)9-14(12)20(15)3/h7-9,11H,5-6,10H2,1-4H3. The molecule has 1 aliphatic rings. The van der Waals surface area contributed by atoms with Gasteiger partial charge in [0.2, 0.25) is 0 Å². The Morgan fingerprint density at radius 1 is 1.26 bits per heavy atom. The zero-order valence-corrected chi connectivity index (χ0v) is 14.0. The van der Waals surface area contributed by atoms with Crippen LogP contribution in [0, 0.1) is 5.82 Å². The Kier molecular flexibility index (Phi) is 4.02. The molecule has 0 N–H and O–H groups in total. The zero-order chi connectivity index (χ0) is 16.7. The quantitative estimate of drug-likeness (QED) is 0.851. The molecule has 1 amide bonds. The van der Waals surface area contributed by atoms with Gasteiger partial charge in [0.1, 0.15) is 5.69 Å². The molecule has 0 aliphatic carbocycles. The molecular weight excluding hydrogens is 297 g/mol. The van der Waals surface area contributed by atoms with Crippen molar-refractivity contribution in [1.29, 1.82) is 0 Å². The maximum atomic E-state index is 13.9. The molecule has 23 heavy (non-hydrogen) atoms. The molecule has 1 unspecified atom stereocenters. The highest BCUT2D eigenvalue weighted by atomic mass is 19.1. The van der Waals surface area contributed by atoms with Crippen molar-refractivity contribution in [3.05, 3.63) is 29.7 Å². The minimum Gasteiger partial charge on any atom is -0.494 e. The first-order chi connectivity index (χ1) is 10.9. The first-order valence-corrected chi connectivity index (χ1v) is 7.75. The third-order valence-corrected chi connectivity index (χ3v) is 4.78. The number of likely N-dealkylation sites (N-methyl/N-ethyl adjacent to an activating group) is 1. The topological polar surface area (TPSA) is 37.7 Å². The van der Waals surface area contributed by atoms with Crippen molar-refractivity contribution in [2.24, 2.45) is 7.05 Å². The van der Waals surface area contributed by atoms with Gasteiger partial charge in [-0.05, 0) is 26.1 Å². The van der Waals surface area contributed by atoms with Gasteiger partial charge in [0.05, 0.1) is 12.6 Å². The number of hydrogen-bond acceptors (Lipinski definition) is 3. The molecule has 1 saturated heterocycles. The van der Waals surface area contributed by atoms with Crippen molar-refractivity contribution in [1.82, 2.24) is 14.4 Å². The van der Waals surface area contributed by atoms with E-state index in [-0.39, 0.29) is 11.7 Å². The van der Waals surface area contributed by atoms with Gasteiger partial charge in [0.25, 0.3) is 5.91 Å². The SMILES string of the molecule is COc1cc2c(cc1F)cc(C(=O)N1CCN(C)C(C)C1)n2C. The van der Waals surface area contributed by atoms with Gasteiger partial charge in [-0.3, -0.25) is 4.79 Å². The number of rotatable bonds is 2. The molecule has 0 spiro atoms. The number of carbonyl (C=O) groups excluding carboxylic acids is 1. The third kappa shape index (κ3) is 2.67. The minimum atomic E-state index is -0.419. The number of fused-ring (bicyclic) bond motifs is 1. The largest absolute Gasteiger partial charge is 0.494 e. The zero-order valence-electron chi connectivity index (χ0n) is 14.0. The Labute approximate surface area is 135 Å². The minimum absolute atomic E-state index is 0.0111. The van der Waals surface area contributed by atoms with Crippen molar-refractivity contribution >= 4 is 16.8 Å². The number of nitrogens with zero attached hydrogens (tertiary/aromatic N) is 3. The fourth-order valence-electron chi connectivity index (χ4n) is 3.09. The van der Waals surface area contributed by atoms with E-state index in [4.69, 9.17) is 4.74 Å². The maximum Gasteiger partial charge on any atom is 0.270 e. The van der Waals surface area contributed by atoms with Gasteiger partial charge < -0.3 is 19.1 Å². The van der Waals surface area contributed by atoms with Gasteiger partial charge in [0, 0.05) is 44.2 Å². The number of ether oxygens (including phenoxy) is 1. The summed E-state index contributed by atoms with van der Waals surface area (Å²) in [4.78, 5) is 17.0. The summed E-state index contributed by atoms with van der Waals surface area (Å²) in [7, 11) is 5.33. The van der Waals surface area contributed by atoms with E-state index < -0.39 is 5.82 Å². The molecule has 2 aromatic rings. The predicted molar refractivity (Wildman–Crippen MR) is 87.4 cm³/mol. The highest BCUT2D eigenvalue weighted by Gasteiger charge is 2.27. The Morgan fingerprint density at radius 2 is 2.00 bits per heavy atom. The lowest BCUT2D eigenvalue weighted by Gasteiger charge is -2.37. The van der Waals surface area contributed by atoms with Gasteiger partial charge in [-0.2, -0.15) is 0 Å². The first-order valence-electron chi connectivity index (χ1n) is 7.75.